The van der Waals surface area contributed by atoms with Gasteiger partial charge in [-0.2, -0.15) is 13.2 Å². The number of nitrogens with two attached hydrogens (primary N) is 1. The zero-order valence-corrected chi connectivity index (χ0v) is 9.84. The summed E-state index contributed by atoms with van der Waals surface area (Å²) in [6.45, 7) is 0. The van der Waals surface area contributed by atoms with Crippen molar-refractivity contribution in [3.8, 4) is 11.5 Å². The Labute approximate surface area is 110 Å². The van der Waals surface area contributed by atoms with Crippen LogP contribution in [0.2, 0.25) is 0 Å². The summed E-state index contributed by atoms with van der Waals surface area (Å²) in [5, 5.41) is 0. The third kappa shape index (κ3) is 3.17. The summed E-state index contributed by atoms with van der Waals surface area (Å²) in [6, 6.07) is 5.34. The summed E-state index contributed by atoms with van der Waals surface area (Å²) < 4.78 is 68.7. The molecule has 0 radical (unpaired) electrons. The molecule has 0 heterocycles. The fourth-order valence-corrected chi connectivity index (χ4v) is 1.56. The second-order valence-corrected chi connectivity index (χ2v) is 3.96. The molecule has 2 N–H and O–H groups in total. The Bertz CT molecular complexity index is 619. The standard InChI is InChI=1S/C13H8F5NO/c14-7-3-8(19)5-10(4-7)20-9-1-2-12(15)11(6-9)13(16,17)18/h1-6H,19H2. The van der Waals surface area contributed by atoms with Crippen molar-refractivity contribution >= 4 is 5.69 Å². The first kappa shape index (κ1) is 14.1. The van der Waals surface area contributed by atoms with Gasteiger partial charge in [-0.05, 0) is 24.3 Å². The van der Waals surface area contributed by atoms with Crippen LogP contribution in [0.1, 0.15) is 5.56 Å². The van der Waals surface area contributed by atoms with E-state index in [9.17, 15) is 22.0 Å². The molecule has 106 valence electrons. The van der Waals surface area contributed by atoms with Crippen LogP contribution in [0, 0.1) is 11.6 Å². The van der Waals surface area contributed by atoms with Gasteiger partial charge < -0.3 is 10.5 Å². The maximum absolute atomic E-state index is 13.1. The predicted molar refractivity (Wildman–Crippen MR) is 62.3 cm³/mol. The lowest BCUT2D eigenvalue weighted by atomic mass is 10.2. The highest BCUT2D eigenvalue weighted by atomic mass is 19.4. The van der Waals surface area contributed by atoms with Crippen molar-refractivity contribution in [1.82, 2.24) is 0 Å². The zero-order valence-electron chi connectivity index (χ0n) is 9.84. The second-order valence-electron chi connectivity index (χ2n) is 3.96. The number of halogens is 5. The third-order valence-corrected chi connectivity index (χ3v) is 2.37. The van der Waals surface area contributed by atoms with Gasteiger partial charge in [0.05, 0.1) is 5.56 Å². The molecule has 0 fully saturated rings. The van der Waals surface area contributed by atoms with Crippen LogP contribution in [0.25, 0.3) is 0 Å². The molecule has 0 saturated carbocycles. The van der Waals surface area contributed by atoms with E-state index in [4.69, 9.17) is 10.5 Å². The number of hydrogen-bond donors (Lipinski definition) is 1. The van der Waals surface area contributed by atoms with E-state index in [-0.39, 0.29) is 17.2 Å². The average molecular weight is 289 g/mol. The van der Waals surface area contributed by atoms with Gasteiger partial charge in [-0.25, -0.2) is 8.78 Å². The molecule has 2 aromatic rings. The summed E-state index contributed by atoms with van der Waals surface area (Å²) >= 11 is 0. The lowest BCUT2D eigenvalue weighted by Crippen LogP contribution is -2.08. The summed E-state index contributed by atoms with van der Waals surface area (Å²) in [5.41, 5.74) is 3.97. The molecule has 0 aliphatic heterocycles. The molecular formula is C13H8F5NO. The van der Waals surface area contributed by atoms with Gasteiger partial charge in [0, 0.05) is 17.8 Å². The molecule has 0 unspecified atom stereocenters. The number of nitrogen functional groups attached to an aromatic ring is 1. The Morgan fingerprint density at radius 3 is 2.20 bits per heavy atom. The fraction of sp³-hybridized carbons (Fsp3) is 0.0769. The Morgan fingerprint density at radius 1 is 0.900 bits per heavy atom. The molecule has 20 heavy (non-hydrogen) atoms. The molecule has 0 atom stereocenters. The monoisotopic (exact) mass is 289 g/mol. The summed E-state index contributed by atoms with van der Waals surface area (Å²) in [4.78, 5) is 0. The molecule has 0 spiro atoms. The van der Waals surface area contributed by atoms with Crippen LogP contribution in [0.4, 0.5) is 27.6 Å². The van der Waals surface area contributed by atoms with Gasteiger partial charge in [0.25, 0.3) is 0 Å². The van der Waals surface area contributed by atoms with Gasteiger partial charge in [-0.1, -0.05) is 0 Å². The van der Waals surface area contributed by atoms with Gasteiger partial charge >= 0.3 is 6.18 Å². The number of hydrogen-bond acceptors (Lipinski definition) is 2. The first-order chi connectivity index (χ1) is 9.25. The molecule has 2 aromatic carbocycles. The summed E-state index contributed by atoms with van der Waals surface area (Å²) in [7, 11) is 0. The molecule has 7 heteroatoms. The number of alkyl halides is 3. The minimum absolute atomic E-state index is 0.0538. The van der Waals surface area contributed by atoms with Crippen molar-refractivity contribution in [2.45, 2.75) is 6.18 Å². The molecule has 0 saturated heterocycles. The molecule has 2 rings (SSSR count). The Morgan fingerprint density at radius 2 is 1.60 bits per heavy atom. The highest BCUT2D eigenvalue weighted by Gasteiger charge is 2.34. The van der Waals surface area contributed by atoms with Crippen molar-refractivity contribution in [2.24, 2.45) is 0 Å². The van der Waals surface area contributed by atoms with Crippen LogP contribution in [0.15, 0.2) is 36.4 Å². The molecule has 0 aromatic heterocycles. The quantitative estimate of drug-likeness (QED) is 0.658. The molecule has 0 aliphatic carbocycles. The van der Waals surface area contributed by atoms with Crippen molar-refractivity contribution in [3.05, 3.63) is 53.6 Å². The van der Waals surface area contributed by atoms with E-state index < -0.39 is 23.4 Å². The highest BCUT2D eigenvalue weighted by molar-refractivity contribution is 5.46. The van der Waals surface area contributed by atoms with Crippen LogP contribution in [0.3, 0.4) is 0 Å². The van der Waals surface area contributed by atoms with Crippen molar-refractivity contribution < 1.29 is 26.7 Å². The van der Waals surface area contributed by atoms with Crippen LogP contribution in [-0.4, -0.2) is 0 Å². The maximum atomic E-state index is 13.1. The number of anilines is 1. The van der Waals surface area contributed by atoms with Crippen molar-refractivity contribution in [2.75, 3.05) is 5.73 Å². The Hall–Kier alpha value is -2.31. The van der Waals surface area contributed by atoms with Crippen molar-refractivity contribution in [3.63, 3.8) is 0 Å². The number of benzene rings is 2. The topological polar surface area (TPSA) is 35.2 Å². The first-order valence-electron chi connectivity index (χ1n) is 5.36. The van der Waals surface area contributed by atoms with E-state index in [1.165, 1.54) is 6.07 Å². The van der Waals surface area contributed by atoms with Gasteiger partial charge in [-0.3, -0.25) is 0 Å². The fourth-order valence-electron chi connectivity index (χ4n) is 1.56. The van der Waals surface area contributed by atoms with Crippen LogP contribution < -0.4 is 10.5 Å². The van der Waals surface area contributed by atoms with Crippen LogP contribution >= 0.6 is 0 Å². The van der Waals surface area contributed by atoms with Gasteiger partial charge in [0.1, 0.15) is 23.1 Å². The molecule has 0 bridgehead atoms. The second kappa shape index (κ2) is 4.99. The minimum atomic E-state index is -4.84. The van der Waals surface area contributed by atoms with E-state index in [1.54, 1.807) is 0 Å². The van der Waals surface area contributed by atoms with E-state index >= 15 is 0 Å². The van der Waals surface area contributed by atoms with Gasteiger partial charge in [-0.15, -0.1) is 0 Å². The van der Waals surface area contributed by atoms with E-state index in [2.05, 4.69) is 0 Å². The smallest absolute Gasteiger partial charge is 0.419 e. The minimum Gasteiger partial charge on any atom is -0.457 e. The van der Waals surface area contributed by atoms with E-state index in [0.29, 0.717) is 12.1 Å². The Kier molecular flexibility index (Phi) is 3.52. The Balaban J connectivity index is 2.35. The largest absolute Gasteiger partial charge is 0.457 e. The van der Waals surface area contributed by atoms with E-state index in [0.717, 1.165) is 18.2 Å². The lowest BCUT2D eigenvalue weighted by molar-refractivity contribution is -0.140. The zero-order chi connectivity index (χ0) is 14.9. The van der Waals surface area contributed by atoms with E-state index in [1.807, 2.05) is 0 Å². The number of rotatable bonds is 2. The molecule has 0 aliphatic rings. The molecule has 0 amide bonds. The van der Waals surface area contributed by atoms with Gasteiger partial charge in [0.15, 0.2) is 0 Å². The van der Waals surface area contributed by atoms with Crippen molar-refractivity contribution in [1.29, 1.82) is 0 Å². The highest BCUT2D eigenvalue weighted by Crippen LogP contribution is 2.35. The third-order valence-electron chi connectivity index (χ3n) is 2.37. The summed E-state index contributed by atoms with van der Waals surface area (Å²) in [5.74, 6) is -2.47. The lowest BCUT2D eigenvalue weighted by Gasteiger charge is -2.11. The summed E-state index contributed by atoms with van der Waals surface area (Å²) in [6.07, 6.45) is -4.84. The average Bonchev–Trinajstić information content (AvgIpc) is 2.29. The first-order valence-corrected chi connectivity index (χ1v) is 5.36. The molecular weight excluding hydrogens is 281 g/mol. The SMILES string of the molecule is Nc1cc(F)cc(Oc2ccc(F)c(C(F)(F)F)c2)c1. The normalized spacial score (nSPS) is 11.4. The van der Waals surface area contributed by atoms with Crippen LogP contribution in [-0.2, 0) is 6.18 Å². The van der Waals surface area contributed by atoms with Gasteiger partial charge in [0.2, 0.25) is 0 Å². The number of ether oxygens (including phenoxy) is 1. The molecule has 2 nitrogen and oxygen atoms in total. The van der Waals surface area contributed by atoms with Crippen LogP contribution in [0.5, 0.6) is 11.5 Å². The maximum Gasteiger partial charge on any atom is 0.419 e. The predicted octanol–water partition coefficient (Wildman–Crippen LogP) is 4.36.